The molecule has 29 heavy (non-hydrogen) atoms. The van der Waals surface area contributed by atoms with Crippen LogP contribution >= 0.6 is 11.6 Å². The van der Waals surface area contributed by atoms with Gasteiger partial charge in [-0.3, -0.25) is 9.59 Å². The van der Waals surface area contributed by atoms with Gasteiger partial charge >= 0.3 is 0 Å². The molecule has 1 atom stereocenters. The summed E-state index contributed by atoms with van der Waals surface area (Å²) in [5, 5.41) is 1.02. The van der Waals surface area contributed by atoms with E-state index in [-0.39, 0.29) is 23.2 Å². The zero-order chi connectivity index (χ0) is 20.5. The van der Waals surface area contributed by atoms with Crippen molar-refractivity contribution in [3.63, 3.8) is 0 Å². The largest absolute Gasteiger partial charge is 0.450 e. The van der Waals surface area contributed by atoms with Gasteiger partial charge in [0, 0.05) is 18.2 Å². The number of halogens is 1. The van der Waals surface area contributed by atoms with E-state index in [4.69, 9.17) is 20.8 Å². The summed E-state index contributed by atoms with van der Waals surface area (Å²) in [7, 11) is 0. The second-order valence-corrected chi connectivity index (χ2v) is 7.84. The minimum atomic E-state index is -0.531. The SMILES string of the molecule is CC(C)OCCCN1C(=O)c2oc3ccccc3c(=O)c2C1c1cccc(Cl)c1. The summed E-state index contributed by atoms with van der Waals surface area (Å²) < 4.78 is 11.5. The fourth-order valence-corrected chi connectivity index (χ4v) is 3.97. The number of rotatable bonds is 6. The van der Waals surface area contributed by atoms with Crippen LogP contribution in [0.25, 0.3) is 11.0 Å². The first-order valence-electron chi connectivity index (χ1n) is 9.71. The van der Waals surface area contributed by atoms with Crippen LogP contribution in [0, 0.1) is 0 Å². The molecule has 0 spiro atoms. The predicted octanol–water partition coefficient (Wildman–Crippen LogP) is 4.81. The fourth-order valence-electron chi connectivity index (χ4n) is 3.77. The molecule has 1 amide bonds. The molecule has 3 aromatic rings. The lowest BCUT2D eigenvalue weighted by molar-refractivity contribution is 0.0593. The van der Waals surface area contributed by atoms with Gasteiger partial charge in [0.2, 0.25) is 5.76 Å². The molecule has 2 heterocycles. The lowest BCUT2D eigenvalue weighted by atomic mass is 9.98. The lowest BCUT2D eigenvalue weighted by Gasteiger charge is -2.25. The molecule has 1 aliphatic rings. The van der Waals surface area contributed by atoms with Gasteiger partial charge in [0.25, 0.3) is 5.91 Å². The molecule has 0 N–H and O–H groups in total. The van der Waals surface area contributed by atoms with E-state index in [9.17, 15) is 9.59 Å². The van der Waals surface area contributed by atoms with E-state index in [1.807, 2.05) is 26.0 Å². The summed E-state index contributed by atoms with van der Waals surface area (Å²) in [6.45, 7) is 4.92. The minimum absolute atomic E-state index is 0.114. The summed E-state index contributed by atoms with van der Waals surface area (Å²) in [5.41, 5.74) is 1.40. The summed E-state index contributed by atoms with van der Waals surface area (Å²) >= 11 is 6.21. The number of para-hydroxylation sites is 1. The Balaban J connectivity index is 1.81. The number of amides is 1. The van der Waals surface area contributed by atoms with E-state index < -0.39 is 6.04 Å². The molecule has 0 radical (unpaired) electrons. The maximum Gasteiger partial charge on any atom is 0.290 e. The van der Waals surface area contributed by atoms with Gasteiger partial charge in [-0.05, 0) is 50.1 Å². The van der Waals surface area contributed by atoms with E-state index in [0.717, 1.165) is 5.56 Å². The van der Waals surface area contributed by atoms with Crippen LogP contribution in [0.5, 0.6) is 0 Å². The Hall–Kier alpha value is -2.63. The summed E-state index contributed by atoms with van der Waals surface area (Å²) in [4.78, 5) is 28.2. The monoisotopic (exact) mass is 411 g/mol. The second-order valence-electron chi connectivity index (χ2n) is 7.40. The number of ether oxygens (including phenoxy) is 1. The number of hydrogen-bond donors (Lipinski definition) is 0. The van der Waals surface area contributed by atoms with E-state index in [0.29, 0.717) is 41.1 Å². The first-order chi connectivity index (χ1) is 14.0. The van der Waals surface area contributed by atoms with Crippen molar-refractivity contribution >= 4 is 28.5 Å². The zero-order valence-electron chi connectivity index (χ0n) is 16.4. The maximum absolute atomic E-state index is 13.3. The molecule has 0 aliphatic carbocycles. The van der Waals surface area contributed by atoms with Crippen molar-refractivity contribution in [3.8, 4) is 0 Å². The van der Waals surface area contributed by atoms with Crippen molar-refractivity contribution in [1.82, 2.24) is 4.90 Å². The highest BCUT2D eigenvalue weighted by Crippen LogP contribution is 2.38. The normalized spacial score (nSPS) is 16.1. The van der Waals surface area contributed by atoms with Crippen LogP contribution in [-0.2, 0) is 4.74 Å². The van der Waals surface area contributed by atoms with Crippen LogP contribution in [0.2, 0.25) is 5.02 Å². The third-order valence-corrected chi connectivity index (χ3v) is 5.27. The highest BCUT2D eigenvalue weighted by Gasteiger charge is 2.42. The zero-order valence-corrected chi connectivity index (χ0v) is 17.1. The molecule has 0 bridgehead atoms. The van der Waals surface area contributed by atoms with Gasteiger partial charge in [0.1, 0.15) is 5.58 Å². The highest BCUT2D eigenvalue weighted by molar-refractivity contribution is 6.30. The summed E-state index contributed by atoms with van der Waals surface area (Å²) in [5.74, 6) is -0.166. The summed E-state index contributed by atoms with van der Waals surface area (Å²) in [6.07, 6.45) is 0.779. The molecule has 1 aliphatic heterocycles. The Bertz CT molecular complexity index is 1120. The molecule has 150 valence electrons. The van der Waals surface area contributed by atoms with E-state index in [2.05, 4.69) is 0 Å². The number of benzene rings is 2. The van der Waals surface area contributed by atoms with E-state index in [1.165, 1.54) is 0 Å². The van der Waals surface area contributed by atoms with Crippen LogP contribution < -0.4 is 5.43 Å². The Labute approximate surface area is 173 Å². The van der Waals surface area contributed by atoms with Crippen molar-refractivity contribution < 1.29 is 13.9 Å². The minimum Gasteiger partial charge on any atom is -0.450 e. The van der Waals surface area contributed by atoms with Gasteiger partial charge in [-0.2, -0.15) is 0 Å². The molecular formula is C23H22ClNO4. The topological polar surface area (TPSA) is 59.8 Å². The molecule has 4 rings (SSSR count). The van der Waals surface area contributed by atoms with Gasteiger partial charge in [-0.25, -0.2) is 0 Å². The average Bonchev–Trinajstić information content (AvgIpc) is 2.98. The van der Waals surface area contributed by atoms with Gasteiger partial charge in [0.05, 0.1) is 23.1 Å². The first-order valence-corrected chi connectivity index (χ1v) is 10.1. The van der Waals surface area contributed by atoms with Crippen molar-refractivity contribution in [2.75, 3.05) is 13.2 Å². The molecule has 0 saturated heterocycles. The molecule has 0 saturated carbocycles. The third kappa shape index (κ3) is 3.68. The average molecular weight is 412 g/mol. The fraction of sp³-hybridized carbons (Fsp3) is 0.304. The second kappa shape index (κ2) is 8.01. The molecule has 5 nitrogen and oxygen atoms in total. The Morgan fingerprint density at radius 1 is 1.14 bits per heavy atom. The maximum atomic E-state index is 13.3. The van der Waals surface area contributed by atoms with Crippen molar-refractivity contribution in [1.29, 1.82) is 0 Å². The van der Waals surface area contributed by atoms with E-state index in [1.54, 1.807) is 41.3 Å². The van der Waals surface area contributed by atoms with Crippen molar-refractivity contribution in [3.05, 3.63) is 80.7 Å². The van der Waals surface area contributed by atoms with Crippen LogP contribution in [0.3, 0.4) is 0 Å². The predicted molar refractivity (Wildman–Crippen MR) is 113 cm³/mol. The van der Waals surface area contributed by atoms with Crippen molar-refractivity contribution in [2.24, 2.45) is 0 Å². The Kier molecular flexibility index (Phi) is 5.43. The molecule has 2 aromatic carbocycles. The molecular weight excluding hydrogens is 390 g/mol. The standard InChI is InChI=1S/C23H22ClNO4/c1-14(2)28-12-6-11-25-20(15-7-5-8-16(24)13-15)19-21(26)17-9-3-4-10-18(17)29-22(19)23(25)27/h3-5,7-10,13-14,20H,6,11-12H2,1-2H3. The molecule has 0 fully saturated rings. The number of carbonyl (C=O) groups excluding carboxylic acids is 1. The van der Waals surface area contributed by atoms with Crippen LogP contribution in [0.4, 0.5) is 0 Å². The summed E-state index contributed by atoms with van der Waals surface area (Å²) in [6, 6.07) is 13.7. The van der Waals surface area contributed by atoms with Crippen LogP contribution in [0.1, 0.15) is 48.0 Å². The number of carbonyl (C=O) groups is 1. The number of hydrogen-bond acceptors (Lipinski definition) is 4. The van der Waals surface area contributed by atoms with Gasteiger partial charge in [-0.15, -0.1) is 0 Å². The quantitative estimate of drug-likeness (QED) is 0.546. The van der Waals surface area contributed by atoms with Crippen LogP contribution in [0.15, 0.2) is 57.7 Å². The Morgan fingerprint density at radius 3 is 2.69 bits per heavy atom. The number of fused-ring (bicyclic) bond motifs is 2. The van der Waals surface area contributed by atoms with Crippen LogP contribution in [-0.4, -0.2) is 30.1 Å². The smallest absolute Gasteiger partial charge is 0.290 e. The number of nitrogens with zero attached hydrogens (tertiary/aromatic N) is 1. The molecule has 1 unspecified atom stereocenters. The highest BCUT2D eigenvalue weighted by atomic mass is 35.5. The first kappa shape index (κ1) is 19.7. The molecule has 6 heteroatoms. The van der Waals surface area contributed by atoms with Gasteiger partial charge in [-0.1, -0.05) is 35.9 Å². The van der Waals surface area contributed by atoms with Crippen molar-refractivity contribution in [2.45, 2.75) is 32.4 Å². The molecule has 1 aromatic heterocycles. The third-order valence-electron chi connectivity index (χ3n) is 5.03. The van der Waals surface area contributed by atoms with Gasteiger partial charge < -0.3 is 14.1 Å². The van der Waals surface area contributed by atoms with E-state index >= 15 is 0 Å². The Morgan fingerprint density at radius 2 is 1.93 bits per heavy atom. The van der Waals surface area contributed by atoms with Gasteiger partial charge in [0.15, 0.2) is 5.43 Å². The lowest BCUT2D eigenvalue weighted by Crippen LogP contribution is -2.31.